The Hall–Kier alpha value is 0.0300. The van der Waals surface area contributed by atoms with Crippen LogP contribution in [0.4, 0.5) is 0 Å². The van der Waals surface area contributed by atoms with Crippen molar-refractivity contribution in [3.63, 3.8) is 0 Å². The summed E-state index contributed by atoms with van der Waals surface area (Å²) in [4.78, 5) is 0. The van der Waals surface area contributed by atoms with Crippen LogP contribution in [-0.4, -0.2) is 27.3 Å². The van der Waals surface area contributed by atoms with Crippen molar-refractivity contribution < 1.29 is 8.76 Å². The molecule has 0 aromatic heterocycles. The van der Waals surface area contributed by atoms with E-state index in [4.69, 9.17) is 4.55 Å². The monoisotopic (exact) mass is 136 g/mol. The van der Waals surface area contributed by atoms with Gasteiger partial charge in [-0.3, -0.25) is 10.6 Å². The topological polar surface area (TPSA) is 61.4 Å². The average molecular weight is 136 g/mol. The smallest absolute Gasteiger partial charge is 0.185 e. The average Bonchev–Trinajstić information content (AvgIpc) is 2.12. The van der Waals surface area contributed by atoms with Crippen molar-refractivity contribution in [2.24, 2.45) is 0 Å². The molecule has 1 rings (SSSR count). The van der Waals surface area contributed by atoms with Crippen LogP contribution in [-0.2, 0) is 11.1 Å². The third kappa shape index (κ3) is 1.25. The zero-order valence-corrected chi connectivity index (χ0v) is 5.07. The minimum Gasteiger partial charge on any atom is -0.304 e. The molecule has 4 nitrogen and oxygen atoms in total. The zero-order valence-electron chi connectivity index (χ0n) is 4.26. The first-order valence-corrected chi connectivity index (χ1v) is 3.54. The van der Waals surface area contributed by atoms with E-state index in [0.29, 0.717) is 0 Å². The molecule has 3 N–H and O–H groups in total. The summed E-state index contributed by atoms with van der Waals surface area (Å²) in [5, 5.41) is 5.59. The molecule has 1 atom stereocenters. The molecule has 48 valence electrons. The van der Waals surface area contributed by atoms with Crippen LogP contribution in [0.5, 0.6) is 0 Å². The van der Waals surface area contributed by atoms with E-state index in [2.05, 4.69) is 10.6 Å². The molecule has 1 fully saturated rings. The van der Waals surface area contributed by atoms with Gasteiger partial charge in [-0.05, 0) is 0 Å². The quantitative estimate of drug-likeness (QED) is 0.391. The molecule has 0 aromatic carbocycles. The summed E-state index contributed by atoms with van der Waals surface area (Å²) >= 11 is -1.76. The van der Waals surface area contributed by atoms with Gasteiger partial charge in [-0.15, -0.1) is 0 Å². The summed E-state index contributed by atoms with van der Waals surface area (Å²) in [6.07, 6.45) is 0. The molecule has 8 heavy (non-hydrogen) atoms. The SMILES string of the molecule is O=S(O)C1NCCN1. The second kappa shape index (κ2) is 2.54. The lowest BCUT2D eigenvalue weighted by Crippen LogP contribution is -2.34. The van der Waals surface area contributed by atoms with E-state index in [1.54, 1.807) is 0 Å². The van der Waals surface area contributed by atoms with E-state index < -0.39 is 16.6 Å². The molecule has 1 aliphatic heterocycles. The highest BCUT2D eigenvalue weighted by Gasteiger charge is 2.17. The molecule has 0 amide bonds. The predicted molar refractivity (Wildman–Crippen MR) is 30.6 cm³/mol. The van der Waals surface area contributed by atoms with Crippen molar-refractivity contribution in [3.8, 4) is 0 Å². The first-order chi connectivity index (χ1) is 3.80. The van der Waals surface area contributed by atoms with Crippen molar-refractivity contribution in [3.05, 3.63) is 0 Å². The van der Waals surface area contributed by atoms with Gasteiger partial charge in [0.05, 0.1) is 0 Å². The first kappa shape index (κ1) is 6.15. The van der Waals surface area contributed by atoms with Crippen LogP contribution >= 0.6 is 0 Å². The van der Waals surface area contributed by atoms with Gasteiger partial charge in [-0.1, -0.05) is 0 Å². The fourth-order valence-electron chi connectivity index (χ4n) is 0.621. The van der Waals surface area contributed by atoms with Gasteiger partial charge < -0.3 is 4.55 Å². The molecule has 0 aliphatic carbocycles. The lowest BCUT2D eigenvalue weighted by Gasteiger charge is -2.02. The van der Waals surface area contributed by atoms with Gasteiger partial charge >= 0.3 is 0 Å². The Bertz CT molecular complexity index is 101. The second-order valence-electron chi connectivity index (χ2n) is 1.56. The molecule has 0 radical (unpaired) electrons. The molecular formula is C3H8N2O2S. The molecule has 1 aliphatic rings. The third-order valence-corrected chi connectivity index (χ3v) is 1.72. The Balaban J connectivity index is 2.35. The molecule has 0 saturated carbocycles. The highest BCUT2D eigenvalue weighted by molar-refractivity contribution is 7.79. The fraction of sp³-hybridized carbons (Fsp3) is 1.00. The zero-order chi connectivity index (χ0) is 5.98. The highest BCUT2D eigenvalue weighted by Crippen LogP contribution is 1.87. The molecule has 0 spiro atoms. The van der Waals surface area contributed by atoms with Crippen molar-refractivity contribution in [2.45, 2.75) is 5.50 Å². The molecule has 5 heteroatoms. The normalized spacial score (nSPS) is 26.1. The van der Waals surface area contributed by atoms with Gasteiger partial charge in [-0.2, -0.15) is 0 Å². The van der Waals surface area contributed by atoms with Gasteiger partial charge in [0, 0.05) is 13.1 Å². The Labute approximate surface area is 49.9 Å². The molecule has 1 heterocycles. The maximum absolute atomic E-state index is 10.2. The Kier molecular flexibility index (Phi) is 1.95. The van der Waals surface area contributed by atoms with Gasteiger partial charge in [-0.25, -0.2) is 4.21 Å². The number of hydrogen-bond donors (Lipinski definition) is 3. The van der Waals surface area contributed by atoms with E-state index >= 15 is 0 Å². The van der Waals surface area contributed by atoms with E-state index in [9.17, 15) is 4.21 Å². The number of hydrogen-bond acceptors (Lipinski definition) is 3. The Morgan fingerprint density at radius 3 is 2.25 bits per heavy atom. The molecular weight excluding hydrogens is 128 g/mol. The standard InChI is InChI=1S/C3H8N2O2S/c6-8(7)3-4-1-2-5-3/h3-5H,1-2H2,(H,6,7). The molecule has 0 aromatic rings. The van der Waals surface area contributed by atoms with E-state index in [1.807, 2.05) is 0 Å². The van der Waals surface area contributed by atoms with Crippen molar-refractivity contribution in [1.82, 2.24) is 10.6 Å². The maximum Gasteiger partial charge on any atom is 0.185 e. The number of rotatable bonds is 1. The fourth-order valence-corrected chi connectivity index (χ4v) is 1.14. The van der Waals surface area contributed by atoms with Crippen LogP contribution in [0.2, 0.25) is 0 Å². The molecule has 0 bridgehead atoms. The van der Waals surface area contributed by atoms with Gasteiger partial charge in [0.1, 0.15) is 0 Å². The number of nitrogens with one attached hydrogen (secondary N) is 2. The van der Waals surface area contributed by atoms with Crippen LogP contribution < -0.4 is 10.6 Å². The van der Waals surface area contributed by atoms with Gasteiger partial charge in [0.2, 0.25) is 0 Å². The van der Waals surface area contributed by atoms with Crippen LogP contribution in [0.15, 0.2) is 0 Å². The first-order valence-electron chi connectivity index (χ1n) is 2.37. The Morgan fingerprint density at radius 1 is 1.50 bits per heavy atom. The van der Waals surface area contributed by atoms with Gasteiger partial charge in [0.15, 0.2) is 16.6 Å². The van der Waals surface area contributed by atoms with Crippen LogP contribution in [0.3, 0.4) is 0 Å². The van der Waals surface area contributed by atoms with Crippen molar-refractivity contribution in [2.75, 3.05) is 13.1 Å². The van der Waals surface area contributed by atoms with Crippen molar-refractivity contribution in [1.29, 1.82) is 0 Å². The molecule has 1 saturated heterocycles. The lowest BCUT2D eigenvalue weighted by atomic mass is 10.7. The van der Waals surface area contributed by atoms with Crippen LogP contribution in [0.1, 0.15) is 0 Å². The minimum absolute atomic E-state index is 0.407. The van der Waals surface area contributed by atoms with Crippen LogP contribution in [0, 0.1) is 0 Å². The summed E-state index contributed by atoms with van der Waals surface area (Å²) in [6, 6.07) is 0. The lowest BCUT2D eigenvalue weighted by molar-refractivity contribution is 0.530. The summed E-state index contributed by atoms with van der Waals surface area (Å²) in [6.45, 7) is 1.55. The summed E-state index contributed by atoms with van der Waals surface area (Å²) < 4.78 is 18.6. The largest absolute Gasteiger partial charge is 0.304 e. The second-order valence-corrected chi connectivity index (χ2v) is 2.59. The predicted octanol–water partition coefficient (Wildman–Crippen LogP) is -1.32. The van der Waals surface area contributed by atoms with E-state index in [0.717, 1.165) is 13.1 Å². The van der Waals surface area contributed by atoms with E-state index in [1.165, 1.54) is 0 Å². The Morgan fingerprint density at radius 2 is 2.00 bits per heavy atom. The van der Waals surface area contributed by atoms with Crippen molar-refractivity contribution >= 4 is 11.1 Å². The highest BCUT2D eigenvalue weighted by atomic mass is 32.2. The summed E-state index contributed by atoms with van der Waals surface area (Å²) in [5.74, 6) is 0. The molecule has 1 unspecified atom stereocenters. The summed E-state index contributed by atoms with van der Waals surface area (Å²) in [7, 11) is 0. The third-order valence-electron chi connectivity index (χ3n) is 0.986. The maximum atomic E-state index is 10.2. The van der Waals surface area contributed by atoms with Gasteiger partial charge in [0.25, 0.3) is 0 Å². The van der Waals surface area contributed by atoms with Crippen LogP contribution in [0.25, 0.3) is 0 Å². The summed E-state index contributed by atoms with van der Waals surface area (Å²) in [5.41, 5.74) is -0.407. The van der Waals surface area contributed by atoms with E-state index in [-0.39, 0.29) is 0 Å². The minimum atomic E-state index is -1.76.